The maximum Gasteiger partial charge on any atom is 0.243 e. The van der Waals surface area contributed by atoms with Gasteiger partial charge in [0.25, 0.3) is 0 Å². The summed E-state index contributed by atoms with van der Waals surface area (Å²) in [7, 11) is 0. The zero-order chi connectivity index (χ0) is 19.2. The van der Waals surface area contributed by atoms with Gasteiger partial charge in [0.2, 0.25) is 17.7 Å². The van der Waals surface area contributed by atoms with E-state index in [-0.39, 0.29) is 35.8 Å². The molecule has 0 radical (unpaired) electrons. The van der Waals surface area contributed by atoms with Crippen LogP contribution in [0, 0.1) is 5.92 Å². The molecule has 0 spiro atoms. The molecule has 2 N–H and O–H groups in total. The Labute approximate surface area is 162 Å². The topological polar surface area (TPSA) is 78.5 Å². The predicted octanol–water partition coefficient (Wildman–Crippen LogP) is 2.51. The highest BCUT2D eigenvalue weighted by atomic mass is 16.2. The average Bonchev–Trinajstić information content (AvgIpc) is 3.32. The largest absolute Gasteiger partial charge is 0.354 e. The molecule has 3 aliphatic rings. The van der Waals surface area contributed by atoms with Crippen LogP contribution in [-0.2, 0) is 14.4 Å². The third kappa shape index (κ3) is 5.69. The molecule has 3 fully saturated rings. The van der Waals surface area contributed by atoms with E-state index < -0.39 is 0 Å². The summed E-state index contributed by atoms with van der Waals surface area (Å²) in [6.07, 6.45) is 12.0. The van der Waals surface area contributed by atoms with Crippen LogP contribution < -0.4 is 10.6 Å². The first-order valence-corrected chi connectivity index (χ1v) is 10.9. The van der Waals surface area contributed by atoms with Crippen molar-refractivity contribution in [1.82, 2.24) is 15.5 Å². The van der Waals surface area contributed by atoms with Crippen LogP contribution >= 0.6 is 0 Å². The number of carbonyl (C=O) groups excluding carboxylic acids is 3. The molecular weight excluding hydrogens is 342 g/mol. The van der Waals surface area contributed by atoms with Crippen molar-refractivity contribution in [2.24, 2.45) is 5.92 Å². The molecule has 3 rings (SSSR count). The van der Waals surface area contributed by atoms with Gasteiger partial charge in [-0.2, -0.15) is 0 Å². The molecule has 152 valence electrons. The first-order chi connectivity index (χ1) is 13.0. The molecule has 1 heterocycles. The van der Waals surface area contributed by atoms with E-state index >= 15 is 0 Å². The number of amides is 3. The van der Waals surface area contributed by atoms with Gasteiger partial charge in [-0.25, -0.2) is 0 Å². The summed E-state index contributed by atoms with van der Waals surface area (Å²) >= 11 is 0. The molecule has 6 nitrogen and oxygen atoms in total. The minimum atomic E-state index is -0.283. The monoisotopic (exact) mass is 377 g/mol. The van der Waals surface area contributed by atoms with Crippen molar-refractivity contribution in [3.05, 3.63) is 0 Å². The fourth-order valence-corrected chi connectivity index (χ4v) is 5.07. The molecule has 0 aromatic carbocycles. The number of rotatable bonds is 6. The molecular formula is C21H35N3O3. The molecule has 6 heteroatoms. The van der Waals surface area contributed by atoms with Crippen LogP contribution in [0.2, 0.25) is 0 Å². The zero-order valence-electron chi connectivity index (χ0n) is 16.7. The zero-order valence-corrected chi connectivity index (χ0v) is 16.7. The van der Waals surface area contributed by atoms with Crippen LogP contribution in [0.25, 0.3) is 0 Å². The van der Waals surface area contributed by atoms with Crippen molar-refractivity contribution in [3.63, 3.8) is 0 Å². The summed E-state index contributed by atoms with van der Waals surface area (Å²) in [5, 5.41) is 6.14. The van der Waals surface area contributed by atoms with E-state index in [9.17, 15) is 14.4 Å². The van der Waals surface area contributed by atoms with Crippen molar-refractivity contribution < 1.29 is 14.4 Å². The maximum atomic E-state index is 12.8. The van der Waals surface area contributed by atoms with Crippen molar-refractivity contribution in [2.75, 3.05) is 6.54 Å². The number of likely N-dealkylation sites (tertiary alicyclic amines) is 1. The van der Waals surface area contributed by atoms with E-state index in [0.29, 0.717) is 12.3 Å². The molecule has 0 bridgehead atoms. The Morgan fingerprint density at radius 2 is 1.48 bits per heavy atom. The standard InChI is InChI=1S/C21H35N3O3/c1-15(25)22-17-9-11-18(12-10-17)23-21(27)19-7-4-14-24(19)20(26)13-8-16-5-2-3-6-16/h16-19H,2-14H2,1H3,(H,22,25)(H,23,27)/t17?,18?,19-/m0/s1. The lowest BCUT2D eigenvalue weighted by Crippen LogP contribution is -2.50. The predicted molar refractivity (Wildman–Crippen MR) is 104 cm³/mol. The van der Waals surface area contributed by atoms with Crippen LogP contribution in [0.1, 0.15) is 84.0 Å². The SMILES string of the molecule is CC(=O)NC1CCC(NC(=O)[C@@H]2CCCN2C(=O)CCC2CCCC2)CC1. The van der Waals surface area contributed by atoms with E-state index in [1.165, 1.54) is 25.7 Å². The van der Waals surface area contributed by atoms with Gasteiger partial charge in [0.15, 0.2) is 0 Å². The fourth-order valence-electron chi connectivity index (χ4n) is 5.07. The van der Waals surface area contributed by atoms with Gasteiger partial charge in [0.05, 0.1) is 0 Å². The van der Waals surface area contributed by atoms with Gasteiger partial charge < -0.3 is 15.5 Å². The molecule has 2 saturated carbocycles. The minimum absolute atomic E-state index is 0.0141. The highest BCUT2D eigenvalue weighted by Gasteiger charge is 2.35. The normalized spacial score (nSPS) is 28.9. The van der Waals surface area contributed by atoms with Gasteiger partial charge in [-0.05, 0) is 50.9 Å². The lowest BCUT2D eigenvalue weighted by molar-refractivity contribution is -0.139. The smallest absolute Gasteiger partial charge is 0.243 e. The Hall–Kier alpha value is -1.59. The number of nitrogens with one attached hydrogen (secondary N) is 2. The van der Waals surface area contributed by atoms with Gasteiger partial charge in [0.1, 0.15) is 6.04 Å². The van der Waals surface area contributed by atoms with E-state index in [1.54, 1.807) is 6.92 Å². The van der Waals surface area contributed by atoms with Gasteiger partial charge in [-0.15, -0.1) is 0 Å². The lowest BCUT2D eigenvalue weighted by atomic mass is 9.91. The third-order valence-corrected chi connectivity index (χ3v) is 6.60. The Kier molecular flexibility index (Phi) is 7.13. The van der Waals surface area contributed by atoms with Crippen molar-refractivity contribution in [1.29, 1.82) is 0 Å². The molecule has 2 aliphatic carbocycles. The molecule has 0 unspecified atom stereocenters. The van der Waals surface area contributed by atoms with Crippen molar-refractivity contribution >= 4 is 17.7 Å². The fraction of sp³-hybridized carbons (Fsp3) is 0.857. The molecule has 1 saturated heterocycles. The second-order valence-corrected chi connectivity index (χ2v) is 8.69. The Morgan fingerprint density at radius 1 is 0.852 bits per heavy atom. The van der Waals surface area contributed by atoms with Gasteiger partial charge in [-0.1, -0.05) is 25.7 Å². The van der Waals surface area contributed by atoms with Crippen LogP contribution in [0.3, 0.4) is 0 Å². The summed E-state index contributed by atoms with van der Waals surface area (Å²) in [5.74, 6) is 0.904. The second kappa shape index (κ2) is 9.56. The first kappa shape index (κ1) is 20.2. The second-order valence-electron chi connectivity index (χ2n) is 8.69. The minimum Gasteiger partial charge on any atom is -0.354 e. The molecule has 1 aliphatic heterocycles. The lowest BCUT2D eigenvalue weighted by Gasteiger charge is -2.31. The quantitative estimate of drug-likeness (QED) is 0.746. The van der Waals surface area contributed by atoms with Crippen molar-refractivity contribution in [3.8, 4) is 0 Å². The molecule has 3 amide bonds. The van der Waals surface area contributed by atoms with Gasteiger partial charge in [0, 0.05) is 32.0 Å². The average molecular weight is 378 g/mol. The number of nitrogens with zero attached hydrogens (tertiary/aromatic N) is 1. The van der Waals surface area contributed by atoms with Crippen molar-refractivity contribution in [2.45, 2.75) is 102 Å². The Morgan fingerprint density at radius 3 is 2.11 bits per heavy atom. The van der Waals surface area contributed by atoms with Crippen LogP contribution in [0.4, 0.5) is 0 Å². The highest BCUT2D eigenvalue weighted by Crippen LogP contribution is 2.29. The highest BCUT2D eigenvalue weighted by molar-refractivity contribution is 5.88. The third-order valence-electron chi connectivity index (χ3n) is 6.60. The van der Waals surface area contributed by atoms with E-state index in [0.717, 1.165) is 51.5 Å². The maximum absolute atomic E-state index is 12.8. The Balaban J connectivity index is 1.43. The summed E-state index contributed by atoms with van der Waals surface area (Å²) in [4.78, 5) is 38.4. The van der Waals surface area contributed by atoms with E-state index in [4.69, 9.17) is 0 Å². The summed E-state index contributed by atoms with van der Waals surface area (Å²) in [5.41, 5.74) is 0. The molecule has 0 aromatic heterocycles. The molecule has 1 atom stereocenters. The van der Waals surface area contributed by atoms with Crippen LogP contribution in [-0.4, -0.2) is 47.3 Å². The van der Waals surface area contributed by atoms with E-state index in [1.807, 2.05) is 4.90 Å². The van der Waals surface area contributed by atoms with E-state index in [2.05, 4.69) is 10.6 Å². The number of hydrogen-bond donors (Lipinski definition) is 2. The number of hydrogen-bond acceptors (Lipinski definition) is 3. The summed E-state index contributed by atoms with van der Waals surface area (Å²) in [6, 6.07) is 0.114. The number of carbonyl (C=O) groups is 3. The summed E-state index contributed by atoms with van der Waals surface area (Å²) < 4.78 is 0. The van der Waals surface area contributed by atoms with Crippen LogP contribution in [0.5, 0.6) is 0 Å². The van der Waals surface area contributed by atoms with Gasteiger partial charge in [-0.3, -0.25) is 14.4 Å². The Bertz CT molecular complexity index is 537. The van der Waals surface area contributed by atoms with Crippen LogP contribution in [0.15, 0.2) is 0 Å². The first-order valence-electron chi connectivity index (χ1n) is 10.9. The molecule has 27 heavy (non-hydrogen) atoms. The van der Waals surface area contributed by atoms with Gasteiger partial charge >= 0.3 is 0 Å². The molecule has 0 aromatic rings. The summed E-state index contributed by atoms with van der Waals surface area (Å²) in [6.45, 7) is 2.27.